The van der Waals surface area contributed by atoms with Crippen LogP contribution in [0.4, 0.5) is 10.8 Å². The first kappa shape index (κ1) is 21.0. The van der Waals surface area contributed by atoms with Crippen LogP contribution in [-0.2, 0) is 20.9 Å². The predicted molar refractivity (Wildman–Crippen MR) is 119 cm³/mol. The van der Waals surface area contributed by atoms with Gasteiger partial charge in [0.2, 0.25) is 5.91 Å². The summed E-state index contributed by atoms with van der Waals surface area (Å²) in [5.74, 6) is -0.549. The highest BCUT2D eigenvalue weighted by Gasteiger charge is 2.20. The number of amides is 1. The van der Waals surface area contributed by atoms with Crippen molar-refractivity contribution >= 4 is 51.4 Å². The number of benzene rings is 1. The number of esters is 1. The summed E-state index contributed by atoms with van der Waals surface area (Å²) < 4.78 is 5.27. The highest BCUT2D eigenvalue weighted by atomic mass is 32.1. The van der Waals surface area contributed by atoms with Crippen molar-refractivity contribution in [3.05, 3.63) is 68.4 Å². The molecule has 0 unspecified atom stereocenters. The van der Waals surface area contributed by atoms with Gasteiger partial charge in [0.05, 0.1) is 11.4 Å². The minimum absolute atomic E-state index is 0.0573. The molecule has 0 atom stereocenters. The molecular weight excluding hydrogens is 404 g/mol. The third kappa shape index (κ3) is 5.40. The number of thiazole rings is 1. The molecule has 1 aromatic carbocycles. The molecule has 0 saturated heterocycles. The van der Waals surface area contributed by atoms with Crippen molar-refractivity contribution in [2.45, 2.75) is 34.3 Å². The Bertz CT molecular complexity index is 1070. The van der Waals surface area contributed by atoms with Crippen LogP contribution in [0.2, 0.25) is 0 Å². The number of thiophene rings is 1. The van der Waals surface area contributed by atoms with Crippen LogP contribution in [0.3, 0.4) is 0 Å². The van der Waals surface area contributed by atoms with Gasteiger partial charge in [-0.3, -0.25) is 9.69 Å². The maximum absolute atomic E-state index is 12.3. The van der Waals surface area contributed by atoms with Crippen LogP contribution in [0.5, 0.6) is 0 Å². The minimum atomic E-state index is -0.427. The van der Waals surface area contributed by atoms with E-state index in [1.165, 1.54) is 29.2 Å². The normalized spacial score (nSPS) is 11.0. The summed E-state index contributed by atoms with van der Waals surface area (Å²) in [5, 5.41) is 2.36. The summed E-state index contributed by atoms with van der Waals surface area (Å²) in [6.45, 7) is 7.57. The molecule has 2 heterocycles. The molecule has 0 N–H and O–H groups in total. The van der Waals surface area contributed by atoms with E-state index in [2.05, 4.69) is 4.98 Å². The maximum Gasteiger partial charge on any atom is 0.331 e. The lowest BCUT2D eigenvalue weighted by atomic mass is 10.1. The topological polar surface area (TPSA) is 59.5 Å². The molecule has 1 amide bonds. The lowest BCUT2D eigenvalue weighted by Crippen LogP contribution is -2.23. The second-order valence-corrected chi connectivity index (χ2v) is 8.81. The number of aryl methyl sites for hydroxylation is 3. The molecule has 0 radical (unpaired) electrons. The molecule has 3 rings (SSSR count). The molecule has 29 heavy (non-hydrogen) atoms. The molecule has 0 aliphatic carbocycles. The lowest BCUT2D eigenvalue weighted by Gasteiger charge is -2.20. The zero-order valence-electron chi connectivity index (χ0n) is 16.8. The number of hydrogen-bond donors (Lipinski definition) is 0. The number of carbonyl (C=O) groups is 2. The van der Waals surface area contributed by atoms with E-state index in [9.17, 15) is 9.59 Å². The Morgan fingerprint density at radius 1 is 1.17 bits per heavy atom. The van der Waals surface area contributed by atoms with Crippen molar-refractivity contribution in [3.8, 4) is 0 Å². The van der Waals surface area contributed by atoms with Gasteiger partial charge in [-0.25, -0.2) is 9.78 Å². The van der Waals surface area contributed by atoms with Crippen molar-refractivity contribution in [2.75, 3.05) is 4.90 Å². The molecular formula is C22H22N2O3S2. The third-order valence-electron chi connectivity index (χ3n) is 4.15. The van der Waals surface area contributed by atoms with Crippen LogP contribution in [0, 0.1) is 20.8 Å². The van der Waals surface area contributed by atoms with Gasteiger partial charge < -0.3 is 4.74 Å². The number of nitrogens with zero attached hydrogens (tertiary/aromatic N) is 2. The van der Waals surface area contributed by atoms with Crippen LogP contribution >= 0.6 is 22.7 Å². The first-order valence-corrected chi connectivity index (χ1v) is 10.8. The van der Waals surface area contributed by atoms with E-state index in [-0.39, 0.29) is 12.5 Å². The molecule has 0 aliphatic heterocycles. The van der Waals surface area contributed by atoms with Gasteiger partial charge in [0.25, 0.3) is 0 Å². The molecule has 0 aliphatic rings. The van der Waals surface area contributed by atoms with Crippen LogP contribution < -0.4 is 4.90 Å². The second-order valence-electron chi connectivity index (χ2n) is 6.66. The van der Waals surface area contributed by atoms with Gasteiger partial charge in [0, 0.05) is 28.1 Å². The van der Waals surface area contributed by atoms with Crippen LogP contribution in [0.15, 0.2) is 41.8 Å². The quantitative estimate of drug-likeness (QED) is 0.382. The molecule has 0 spiro atoms. The number of hydrogen-bond acceptors (Lipinski definition) is 6. The standard InChI is InChI=1S/C22H22N2O3S2/c1-14-5-9-20(15(2)11-14)24(17(4)25)22-23-18(13-28-22)12-27-21(26)10-8-19-7-6-16(3)29-19/h5-11,13H,12H2,1-4H3/b10-8+. The zero-order valence-corrected chi connectivity index (χ0v) is 18.4. The highest BCUT2D eigenvalue weighted by Crippen LogP contribution is 2.31. The zero-order chi connectivity index (χ0) is 21.0. The smallest absolute Gasteiger partial charge is 0.331 e. The summed E-state index contributed by atoms with van der Waals surface area (Å²) in [5.41, 5.74) is 3.54. The number of carbonyl (C=O) groups excluding carboxylic acids is 2. The minimum Gasteiger partial charge on any atom is -0.456 e. The molecule has 7 heteroatoms. The maximum atomic E-state index is 12.3. The number of anilines is 2. The fraction of sp³-hybridized carbons (Fsp3) is 0.227. The fourth-order valence-electron chi connectivity index (χ4n) is 2.82. The van der Waals surface area contributed by atoms with Crippen molar-refractivity contribution in [1.29, 1.82) is 0 Å². The SMILES string of the molecule is CC(=O)N(c1nc(COC(=O)/C=C/c2ccc(C)s2)cs1)c1ccc(C)cc1C. The number of ether oxygens (including phenoxy) is 1. The Hall–Kier alpha value is -2.77. The highest BCUT2D eigenvalue weighted by molar-refractivity contribution is 7.14. The van der Waals surface area contributed by atoms with Gasteiger partial charge in [0.15, 0.2) is 5.13 Å². The monoisotopic (exact) mass is 426 g/mol. The average Bonchev–Trinajstić information content (AvgIpc) is 3.29. The van der Waals surface area contributed by atoms with E-state index in [0.717, 1.165) is 21.7 Å². The van der Waals surface area contributed by atoms with Gasteiger partial charge in [0.1, 0.15) is 6.61 Å². The first-order valence-electron chi connectivity index (χ1n) is 9.07. The van der Waals surface area contributed by atoms with Crippen molar-refractivity contribution in [3.63, 3.8) is 0 Å². The summed E-state index contributed by atoms with van der Waals surface area (Å²) in [6.07, 6.45) is 3.15. The molecule has 0 saturated carbocycles. The molecule has 3 aromatic rings. The molecule has 5 nitrogen and oxygen atoms in total. The summed E-state index contributed by atoms with van der Waals surface area (Å²) in [6, 6.07) is 9.88. The largest absolute Gasteiger partial charge is 0.456 e. The van der Waals surface area contributed by atoms with Gasteiger partial charge in [-0.05, 0) is 50.6 Å². The Labute approximate surface area is 178 Å². The molecule has 0 fully saturated rings. The van der Waals surface area contributed by atoms with Crippen molar-refractivity contribution in [1.82, 2.24) is 4.98 Å². The average molecular weight is 427 g/mol. The summed E-state index contributed by atoms with van der Waals surface area (Å²) in [7, 11) is 0. The molecule has 2 aromatic heterocycles. The number of rotatable bonds is 6. The van der Waals surface area contributed by atoms with Gasteiger partial charge in [-0.2, -0.15) is 0 Å². The Morgan fingerprint density at radius 2 is 1.97 bits per heavy atom. The lowest BCUT2D eigenvalue weighted by molar-refractivity contribution is -0.139. The van der Waals surface area contributed by atoms with Crippen molar-refractivity contribution < 1.29 is 14.3 Å². The van der Waals surface area contributed by atoms with Gasteiger partial charge in [-0.1, -0.05) is 17.7 Å². The third-order valence-corrected chi connectivity index (χ3v) is 5.99. The number of aromatic nitrogens is 1. The van der Waals surface area contributed by atoms with E-state index >= 15 is 0 Å². The van der Waals surface area contributed by atoms with E-state index in [1.807, 2.05) is 51.1 Å². The first-order chi connectivity index (χ1) is 13.8. The van der Waals surface area contributed by atoms with Gasteiger partial charge >= 0.3 is 5.97 Å². The van der Waals surface area contributed by atoms with Crippen LogP contribution in [-0.4, -0.2) is 16.9 Å². The fourth-order valence-corrected chi connectivity index (χ4v) is 4.46. The second kappa shape index (κ2) is 9.15. The summed E-state index contributed by atoms with van der Waals surface area (Å²) >= 11 is 2.96. The Balaban J connectivity index is 1.67. The van der Waals surface area contributed by atoms with Crippen molar-refractivity contribution in [2.24, 2.45) is 0 Å². The van der Waals surface area contributed by atoms with E-state index in [4.69, 9.17) is 4.74 Å². The van der Waals surface area contributed by atoms with Crippen LogP contribution in [0.25, 0.3) is 6.08 Å². The van der Waals surface area contributed by atoms with Gasteiger partial charge in [-0.15, -0.1) is 22.7 Å². The van der Waals surface area contributed by atoms with E-state index in [0.29, 0.717) is 10.8 Å². The molecule has 0 bridgehead atoms. The van der Waals surface area contributed by atoms with E-state index < -0.39 is 5.97 Å². The Kier molecular flexibility index (Phi) is 6.61. The molecule has 150 valence electrons. The van der Waals surface area contributed by atoms with Crippen LogP contribution in [0.1, 0.15) is 33.5 Å². The summed E-state index contributed by atoms with van der Waals surface area (Å²) in [4.78, 5) is 32.5. The van der Waals surface area contributed by atoms with E-state index in [1.54, 1.807) is 27.7 Å². The Morgan fingerprint density at radius 3 is 2.62 bits per heavy atom. The predicted octanol–water partition coefficient (Wildman–Crippen LogP) is 5.57.